The van der Waals surface area contributed by atoms with Gasteiger partial charge in [-0.2, -0.15) is 0 Å². The van der Waals surface area contributed by atoms with E-state index in [0.29, 0.717) is 6.04 Å². The molecule has 1 aromatic heterocycles. The molecule has 0 radical (unpaired) electrons. The van der Waals surface area contributed by atoms with Crippen LogP contribution in [0.4, 0.5) is 0 Å². The molecule has 4 heterocycles. The molecular formula is C24H43IN6S. The predicted molar refractivity (Wildman–Crippen MR) is 148 cm³/mol. The summed E-state index contributed by atoms with van der Waals surface area (Å²) in [5.41, 5.74) is 0.270. The van der Waals surface area contributed by atoms with Gasteiger partial charge in [0.1, 0.15) is 0 Å². The smallest absolute Gasteiger partial charge is 0.191 e. The summed E-state index contributed by atoms with van der Waals surface area (Å²) < 4.78 is 0. The van der Waals surface area contributed by atoms with E-state index in [9.17, 15) is 0 Å². The highest BCUT2D eigenvalue weighted by Crippen LogP contribution is 2.31. The minimum atomic E-state index is 0. The Labute approximate surface area is 216 Å². The van der Waals surface area contributed by atoms with Gasteiger partial charge in [-0.05, 0) is 96.3 Å². The topological polar surface area (TPSA) is 46.1 Å². The van der Waals surface area contributed by atoms with Gasteiger partial charge in [0, 0.05) is 30.6 Å². The Balaban J connectivity index is 0.00000289. The first kappa shape index (κ1) is 26.2. The number of guanidine groups is 1. The van der Waals surface area contributed by atoms with Gasteiger partial charge in [0.15, 0.2) is 5.96 Å². The highest BCUT2D eigenvalue weighted by molar-refractivity contribution is 14.0. The van der Waals surface area contributed by atoms with Gasteiger partial charge < -0.3 is 15.5 Å². The van der Waals surface area contributed by atoms with Gasteiger partial charge in [0.2, 0.25) is 0 Å². The van der Waals surface area contributed by atoms with Gasteiger partial charge in [-0.25, -0.2) is 0 Å². The standard InChI is InChI=1S/C24H42N6S.HI/c1-25-23(26-19-21(22-9-8-18-31-22)29-12-6-7-13-29)27-20-24(10-16-28(2)17-11-24)30-14-4-3-5-15-30;/h8-9,18,21H,3-7,10-17,19-20H2,1-2H3,(H2,25,26,27);1H. The molecule has 1 aromatic rings. The fourth-order valence-corrected chi connectivity index (χ4v) is 6.47. The second-order valence-electron chi connectivity index (χ2n) is 9.66. The van der Waals surface area contributed by atoms with Crippen LogP contribution in [0.15, 0.2) is 22.5 Å². The van der Waals surface area contributed by atoms with E-state index in [1.54, 1.807) is 0 Å². The van der Waals surface area contributed by atoms with Crippen LogP contribution in [0.25, 0.3) is 0 Å². The quantitative estimate of drug-likeness (QED) is 0.296. The number of aliphatic imine (C=N–C) groups is 1. The van der Waals surface area contributed by atoms with Gasteiger partial charge in [0.05, 0.1) is 6.04 Å². The molecule has 1 atom stereocenters. The van der Waals surface area contributed by atoms with E-state index >= 15 is 0 Å². The first-order valence-corrected chi connectivity index (χ1v) is 13.2. The maximum atomic E-state index is 4.59. The summed E-state index contributed by atoms with van der Waals surface area (Å²) in [7, 11) is 4.17. The Morgan fingerprint density at radius 3 is 2.34 bits per heavy atom. The number of piperidine rings is 2. The minimum absolute atomic E-state index is 0. The zero-order chi connectivity index (χ0) is 21.5. The summed E-state index contributed by atoms with van der Waals surface area (Å²) in [4.78, 5) is 14.0. The van der Waals surface area contributed by atoms with Crippen LogP contribution >= 0.6 is 35.3 Å². The fourth-order valence-electron chi connectivity index (χ4n) is 5.61. The zero-order valence-electron chi connectivity index (χ0n) is 20.0. The average molecular weight is 575 g/mol. The van der Waals surface area contributed by atoms with E-state index in [1.165, 1.54) is 89.1 Å². The third-order valence-corrected chi connectivity index (χ3v) is 8.64. The van der Waals surface area contributed by atoms with E-state index in [1.807, 2.05) is 18.4 Å². The molecule has 3 aliphatic heterocycles. The number of likely N-dealkylation sites (tertiary alicyclic amines) is 3. The van der Waals surface area contributed by atoms with Crippen molar-refractivity contribution in [3.05, 3.63) is 22.4 Å². The third-order valence-electron chi connectivity index (χ3n) is 7.67. The van der Waals surface area contributed by atoms with Crippen LogP contribution < -0.4 is 10.6 Å². The summed E-state index contributed by atoms with van der Waals surface area (Å²) in [5.74, 6) is 0.955. The van der Waals surface area contributed by atoms with E-state index in [2.05, 4.69) is 54.9 Å². The lowest BCUT2D eigenvalue weighted by molar-refractivity contribution is 0.0173. The van der Waals surface area contributed by atoms with Crippen LogP contribution in [-0.4, -0.2) is 92.7 Å². The molecule has 3 fully saturated rings. The van der Waals surface area contributed by atoms with E-state index in [-0.39, 0.29) is 29.5 Å². The van der Waals surface area contributed by atoms with E-state index in [0.717, 1.165) is 19.0 Å². The highest BCUT2D eigenvalue weighted by Gasteiger charge is 2.39. The van der Waals surface area contributed by atoms with Crippen LogP contribution in [0, 0.1) is 0 Å². The predicted octanol–water partition coefficient (Wildman–Crippen LogP) is 3.62. The SMILES string of the molecule is CN=C(NCC(c1cccs1)N1CCCC1)NCC1(N2CCCCC2)CCN(C)CC1.I. The van der Waals surface area contributed by atoms with Gasteiger partial charge >= 0.3 is 0 Å². The Hall–Kier alpha value is -0.420. The van der Waals surface area contributed by atoms with Crippen molar-refractivity contribution >= 4 is 41.3 Å². The van der Waals surface area contributed by atoms with Crippen LogP contribution in [0.2, 0.25) is 0 Å². The molecule has 0 amide bonds. The van der Waals surface area contributed by atoms with Crippen molar-refractivity contribution in [1.82, 2.24) is 25.3 Å². The molecule has 8 heteroatoms. The number of rotatable bonds is 7. The van der Waals surface area contributed by atoms with Crippen LogP contribution in [0.3, 0.4) is 0 Å². The first-order valence-electron chi connectivity index (χ1n) is 12.4. The number of thiophene rings is 1. The average Bonchev–Trinajstić information content (AvgIpc) is 3.53. The molecule has 0 spiro atoms. The van der Waals surface area contributed by atoms with E-state index < -0.39 is 0 Å². The van der Waals surface area contributed by atoms with Crippen molar-refractivity contribution in [2.24, 2.45) is 4.99 Å². The Morgan fingerprint density at radius 2 is 1.72 bits per heavy atom. The number of hydrogen-bond donors (Lipinski definition) is 2. The fraction of sp³-hybridized carbons (Fsp3) is 0.792. The third kappa shape index (κ3) is 6.58. The first-order chi connectivity index (χ1) is 15.2. The van der Waals surface area contributed by atoms with E-state index in [4.69, 9.17) is 0 Å². The minimum Gasteiger partial charge on any atom is -0.355 e. The molecule has 0 saturated carbocycles. The number of nitrogens with zero attached hydrogens (tertiary/aromatic N) is 4. The van der Waals surface area contributed by atoms with Crippen molar-refractivity contribution in [2.75, 3.05) is 66.5 Å². The second kappa shape index (κ2) is 12.9. The summed E-state index contributed by atoms with van der Waals surface area (Å²) in [6, 6.07) is 4.91. The molecule has 2 N–H and O–H groups in total. The molecule has 32 heavy (non-hydrogen) atoms. The Kier molecular flexibility index (Phi) is 10.5. The number of hydrogen-bond acceptors (Lipinski definition) is 5. The van der Waals surface area contributed by atoms with Crippen molar-refractivity contribution in [2.45, 2.75) is 56.5 Å². The lowest BCUT2D eigenvalue weighted by Gasteiger charge is -2.50. The van der Waals surface area contributed by atoms with Gasteiger partial charge in [0.25, 0.3) is 0 Å². The highest BCUT2D eigenvalue weighted by atomic mass is 127. The molecule has 3 saturated heterocycles. The molecule has 3 aliphatic rings. The Bertz CT molecular complexity index is 677. The second-order valence-corrected chi connectivity index (χ2v) is 10.6. The van der Waals surface area contributed by atoms with Crippen LogP contribution in [0.5, 0.6) is 0 Å². The molecule has 6 nitrogen and oxygen atoms in total. The maximum absolute atomic E-state index is 4.59. The monoisotopic (exact) mass is 574 g/mol. The normalized spacial score (nSPS) is 24.1. The molecule has 0 bridgehead atoms. The molecule has 0 aliphatic carbocycles. The van der Waals surface area contributed by atoms with Crippen LogP contribution in [0.1, 0.15) is 55.9 Å². The number of nitrogens with one attached hydrogen (secondary N) is 2. The molecular weight excluding hydrogens is 531 g/mol. The summed E-state index contributed by atoms with van der Waals surface area (Å²) in [5, 5.41) is 9.63. The van der Waals surface area contributed by atoms with Crippen molar-refractivity contribution in [1.29, 1.82) is 0 Å². The number of halogens is 1. The zero-order valence-corrected chi connectivity index (χ0v) is 23.2. The molecule has 1 unspecified atom stereocenters. The van der Waals surface area contributed by atoms with Crippen molar-refractivity contribution in [3.8, 4) is 0 Å². The van der Waals surface area contributed by atoms with Gasteiger partial charge in [-0.1, -0.05) is 12.5 Å². The summed E-state index contributed by atoms with van der Waals surface area (Å²) in [6.07, 6.45) is 9.23. The van der Waals surface area contributed by atoms with Gasteiger partial charge in [-0.15, -0.1) is 35.3 Å². The maximum Gasteiger partial charge on any atom is 0.191 e. The largest absolute Gasteiger partial charge is 0.355 e. The molecule has 4 rings (SSSR count). The molecule has 0 aromatic carbocycles. The van der Waals surface area contributed by atoms with Crippen LogP contribution in [-0.2, 0) is 0 Å². The lowest BCUT2D eigenvalue weighted by atomic mass is 9.84. The van der Waals surface area contributed by atoms with Crippen molar-refractivity contribution in [3.63, 3.8) is 0 Å². The van der Waals surface area contributed by atoms with Gasteiger partial charge in [-0.3, -0.25) is 14.8 Å². The Morgan fingerprint density at radius 1 is 1.03 bits per heavy atom. The van der Waals surface area contributed by atoms with Crippen molar-refractivity contribution < 1.29 is 0 Å². The molecule has 182 valence electrons. The summed E-state index contributed by atoms with van der Waals surface area (Å²) in [6.45, 7) is 9.23. The summed E-state index contributed by atoms with van der Waals surface area (Å²) >= 11 is 1.88. The lowest BCUT2D eigenvalue weighted by Crippen LogP contribution is -2.62.